The van der Waals surface area contributed by atoms with Crippen LogP contribution in [0.4, 0.5) is 0 Å². The van der Waals surface area contributed by atoms with Crippen LogP contribution in [0.3, 0.4) is 0 Å². The first kappa shape index (κ1) is 87.9. The van der Waals surface area contributed by atoms with Crippen molar-refractivity contribution in [2.75, 3.05) is 131 Å². The van der Waals surface area contributed by atoms with Gasteiger partial charge in [-0.05, 0) is 141 Å². The second-order valence-electron chi connectivity index (χ2n) is 34.2. The van der Waals surface area contributed by atoms with Crippen LogP contribution in [0.5, 0.6) is 0 Å². The maximum Gasteiger partial charge on any atom is 0.255 e. The Hall–Kier alpha value is -10.4. The van der Waals surface area contributed by atoms with Crippen LogP contribution in [0.1, 0.15) is 113 Å². The van der Waals surface area contributed by atoms with Gasteiger partial charge in [0.05, 0.1) is 129 Å². The SMILES string of the molecule is CC(=O)N1CCN(Cc2c(-c3ccc(Cl)cc3)nc3ccc(-c4ccccn4)cn23)CC1.Clc1ccc(-c2nc3ccc(C4COC4)cn3c2CN2CCOCC2)cc1.O=C(C1CCOCC1)N1CCN(Cc2c(-c3ccc(Cl)cc3Cl)nc3cnc(C4CC4)cn23)CC1.O=C(c1ccnnc1)N1CCN(Cc2c(-c3ccc(Cl)cc3Cl)nc3cnc(C4CC4)cn23)CC1. The van der Waals surface area contributed by atoms with Crippen molar-refractivity contribution in [1.82, 2.24) is 97.0 Å². The predicted molar refractivity (Wildman–Crippen MR) is 501 cm³/mol. The Balaban J connectivity index is 0.000000112. The number of imidazole rings is 4. The van der Waals surface area contributed by atoms with Crippen LogP contribution < -0.4 is 0 Å². The molecule has 129 heavy (non-hydrogen) atoms. The lowest BCUT2D eigenvalue weighted by Gasteiger charge is -2.37. The molecule has 32 heteroatoms. The molecule has 22 rings (SSSR count). The number of halogens is 6. The van der Waals surface area contributed by atoms with Crippen molar-refractivity contribution in [2.45, 2.75) is 89.4 Å². The predicted octanol–water partition coefficient (Wildman–Crippen LogP) is 17.0. The molecule has 6 saturated heterocycles. The molecule has 26 nitrogen and oxygen atoms in total. The normalized spacial score (nSPS) is 17.5. The summed E-state index contributed by atoms with van der Waals surface area (Å²) in [6, 6.07) is 42.9. The minimum atomic E-state index is -0.0110. The minimum absolute atomic E-state index is 0.0110. The number of ether oxygens (including phenoxy) is 3. The van der Waals surface area contributed by atoms with Crippen molar-refractivity contribution in [1.29, 1.82) is 0 Å². The number of fused-ring (bicyclic) bond motifs is 4. The summed E-state index contributed by atoms with van der Waals surface area (Å²) in [5.74, 6) is 2.11. The third-order valence-electron chi connectivity index (χ3n) is 25.5. The van der Waals surface area contributed by atoms with E-state index in [2.05, 4.69) is 105 Å². The van der Waals surface area contributed by atoms with Gasteiger partial charge in [-0.1, -0.05) is 106 Å². The monoisotopic (exact) mass is 1850 g/mol. The second-order valence-corrected chi connectivity index (χ2v) is 36.7. The number of nitrogens with zero attached hydrogens (tertiary/aromatic N) is 20. The molecular weight excluding hydrogens is 1750 g/mol. The number of carbonyl (C=O) groups excluding carboxylic acids is 3. The number of benzene rings is 4. The fraction of sp³-hybridized carbons (Fsp3) is 0.361. The Bertz CT molecular complexity index is 6350. The molecule has 16 heterocycles. The highest BCUT2D eigenvalue weighted by Gasteiger charge is 2.35. The van der Waals surface area contributed by atoms with E-state index in [9.17, 15) is 14.4 Å². The quantitative estimate of drug-likeness (QED) is 0.0776. The lowest BCUT2D eigenvalue weighted by Crippen LogP contribution is -2.50. The van der Waals surface area contributed by atoms with E-state index in [1.807, 2.05) is 130 Å². The average Bonchev–Trinajstić information content (AvgIpc) is 1.61. The van der Waals surface area contributed by atoms with Gasteiger partial charge in [-0.3, -0.25) is 57.7 Å². The Kier molecular flexibility index (Phi) is 27.1. The summed E-state index contributed by atoms with van der Waals surface area (Å²) < 4.78 is 25.1. The first-order valence-electron chi connectivity index (χ1n) is 44.3. The first-order chi connectivity index (χ1) is 63.0. The summed E-state index contributed by atoms with van der Waals surface area (Å²) in [7, 11) is 0. The van der Waals surface area contributed by atoms with Crippen molar-refractivity contribution >= 4 is 110 Å². The molecule has 10 aromatic heterocycles. The standard InChI is InChI=1S/C26H29Cl2N5O2.C25H23Cl2N7O.C25H24ClN5O.C21H22ClN3O2/c27-19-3-4-20(21(28)13-19)25-23(33-15-22(17-1-2-17)29-14-24(33)30-25)16-31-7-9-32(10-8-31)26(34)18-5-11-35-12-6-18;26-18-3-4-19(20(27)11-18)24-22(34-14-21(16-1-2-16)28-13-23(34)31-24)15-32-7-9-33(10-8-32)25(35)17-5-6-29-30-12-17;1-18(32)30-14-12-29(13-15-30)17-23-25(19-5-8-21(26)9-6-19)28-24-10-7-20(16-31(23)24)22-4-2-3-11-27-22;22-18-4-1-15(2-5-18)21-19(12-24-7-9-26-10-8-24)25-11-16(17-13-27-14-17)3-6-20(25)23-21/h3-4,13-15,17-18H,1-2,5-12,16H2;3-6,11-14,16H,1-2,7-10,15H2;2-11,16H,12-15,17H2,1H3;1-6,11,17H,7-10,12-14H2. The van der Waals surface area contributed by atoms with E-state index in [1.54, 1.807) is 31.3 Å². The molecular formula is C97H98Cl6N20O6. The molecule has 3 amide bonds. The molecule has 2 saturated carbocycles. The Morgan fingerprint density at radius 2 is 0.837 bits per heavy atom. The van der Waals surface area contributed by atoms with E-state index in [0.29, 0.717) is 81.3 Å². The molecule has 0 atom stereocenters. The fourth-order valence-corrected chi connectivity index (χ4v) is 19.0. The molecule has 4 aromatic carbocycles. The topological polar surface area (TPSA) is 235 Å². The van der Waals surface area contributed by atoms with E-state index < -0.39 is 0 Å². The second kappa shape index (κ2) is 39.7. The number of aromatic nitrogens is 13. The highest BCUT2D eigenvalue weighted by molar-refractivity contribution is 6.37. The van der Waals surface area contributed by atoms with Gasteiger partial charge in [-0.25, -0.2) is 19.9 Å². The van der Waals surface area contributed by atoms with Gasteiger partial charge in [-0.15, -0.1) is 0 Å². The number of pyridine rings is 3. The molecule has 6 aliphatic heterocycles. The molecule has 2 aliphatic carbocycles. The zero-order valence-corrected chi connectivity index (χ0v) is 76.1. The summed E-state index contributed by atoms with van der Waals surface area (Å²) >= 11 is 37.7. The number of hydrogen-bond acceptors (Lipinski definition) is 19. The van der Waals surface area contributed by atoms with Gasteiger partial charge in [0, 0.05) is 241 Å². The van der Waals surface area contributed by atoms with Gasteiger partial charge in [0.1, 0.15) is 11.3 Å². The lowest BCUT2D eigenvalue weighted by molar-refractivity contribution is -0.140. The van der Waals surface area contributed by atoms with Crippen molar-refractivity contribution in [3.8, 4) is 56.3 Å². The van der Waals surface area contributed by atoms with E-state index in [-0.39, 0.29) is 23.6 Å². The van der Waals surface area contributed by atoms with Crippen LogP contribution >= 0.6 is 69.6 Å². The molecule has 0 radical (unpaired) electrons. The smallest absolute Gasteiger partial charge is 0.255 e. The van der Waals surface area contributed by atoms with E-state index in [0.717, 1.165) is 250 Å². The molecule has 8 aliphatic rings. The summed E-state index contributed by atoms with van der Waals surface area (Å²) in [5.41, 5.74) is 21.6. The number of piperazine rings is 3. The van der Waals surface area contributed by atoms with Crippen LogP contribution in [0.25, 0.3) is 78.9 Å². The Labute approximate surface area is 777 Å². The van der Waals surface area contributed by atoms with Crippen LogP contribution in [-0.2, 0) is 50.0 Å². The van der Waals surface area contributed by atoms with Gasteiger partial charge in [0.15, 0.2) is 11.3 Å². The fourth-order valence-electron chi connectivity index (χ4n) is 17.7. The molecule has 0 bridgehead atoms. The first-order valence-corrected chi connectivity index (χ1v) is 46.6. The molecule has 0 N–H and O–H groups in total. The summed E-state index contributed by atoms with van der Waals surface area (Å²) in [6.45, 7) is 20.3. The van der Waals surface area contributed by atoms with Gasteiger partial charge in [-0.2, -0.15) is 10.2 Å². The summed E-state index contributed by atoms with van der Waals surface area (Å²) in [5, 5.41) is 11.4. The average molecular weight is 1850 g/mol. The third kappa shape index (κ3) is 20.4. The summed E-state index contributed by atoms with van der Waals surface area (Å²) in [6.07, 6.45) is 23.6. The Morgan fingerprint density at radius 3 is 1.31 bits per heavy atom. The van der Waals surface area contributed by atoms with Gasteiger partial charge < -0.3 is 37.7 Å². The molecule has 0 unspecified atom stereocenters. The van der Waals surface area contributed by atoms with Crippen LogP contribution in [0, 0.1) is 5.92 Å². The Morgan fingerprint density at radius 1 is 0.380 bits per heavy atom. The maximum atomic E-state index is 13.0. The van der Waals surface area contributed by atoms with Crippen LogP contribution in [0.15, 0.2) is 189 Å². The molecule has 8 fully saturated rings. The number of rotatable bonds is 18. The number of morpholine rings is 1. The highest BCUT2D eigenvalue weighted by Crippen LogP contribution is 2.43. The molecule has 664 valence electrons. The van der Waals surface area contributed by atoms with Gasteiger partial charge >= 0.3 is 0 Å². The molecule has 0 spiro atoms. The largest absolute Gasteiger partial charge is 0.381 e. The lowest BCUT2D eigenvalue weighted by atomic mass is 9.98. The van der Waals surface area contributed by atoms with E-state index in [4.69, 9.17) is 104 Å². The minimum Gasteiger partial charge on any atom is -0.381 e. The van der Waals surface area contributed by atoms with Crippen molar-refractivity contribution in [2.24, 2.45) is 5.92 Å². The number of amides is 3. The third-order valence-corrected chi connectivity index (χ3v) is 27.1. The maximum absolute atomic E-state index is 13.0. The summed E-state index contributed by atoms with van der Waals surface area (Å²) in [4.78, 5) is 86.5. The zero-order valence-electron chi connectivity index (χ0n) is 71.6. The van der Waals surface area contributed by atoms with E-state index >= 15 is 0 Å². The van der Waals surface area contributed by atoms with Gasteiger partial charge in [0.25, 0.3) is 5.91 Å². The highest BCUT2D eigenvalue weighted by atomic mass is 35.5. The van der Waals surface area contributed by atoms with Crippen molar-refractivity contribution in [3.63, 3.8) is 0 Å². The van der Waals surface area contributed by atoms with E-state index in [1.165, 1.54) is 43.1 Å². The molecule has 14 aromatic rings. The number of hydrogen-bond donors (Lipinski definition) is 0. The van der Waals surface area contributed by atoms with Crippen LogP contribution in [-0.4, -0.2) is 246 Å². The number of carbonyl (C=O) groups is 3. The zero-order chi connectivity index (χ0) is 88.2. The van der Waals surface area contributed by atoms with Gasteiger partial charge in [0.2, 0.25) is 11.8 Å². The van der Waals surface area contributed by atoms with Crippen molar-refractivity contribution < 1.29 is 28.6 Å². The van der Waals surface area contributed by atoms with Crippen LogP contribution in [0.2, 0.25) is 30.1 Å². The van der Waals surface area contributed by atoms with Crippen molar-refractivity contribution in [3.05, 3.63) is 265 Å².